The minimum atomic E-state index is -4.39. The van der Waals surface area contributed by atoms with Gasteiger partial charge >= 0.3 is 11.9 Å². The minimum absolute atomic E-state index is 0.0359. The van der Waals surface area contributed by atoms with E-state index >= 15 is 0 Å². The number of halogens is 6. The number of pyridine rings is 2. The largest absolute Gasteiger partial charge is 0.405 e. The number of carbonyl (C=O) groups is 1. The van der Waals surface area contributed by atoms with Gasteiger partial charge in [0.2, 0.25) is 0 Å². The molecule has 1 fully saturated rings. The van der Waals surface area contributed by atoms with E-state index in [0.717, 1.165) is 6.20 Å². The molecule has 1 aliphatic carbocycles. The summed E-state index contributed by atoms with van der Waals surface area (Å²) in [5.74, 6) is -0.503. The third-order valence-electron chi connectivity index (χ3n) is 7.27. The Morgan fingerprint density at radius 2 is 1.74 bits per heavy atom. The van der Waals surface area contributed by atoms with E-state index in [1.54, 1.807) is 16.7 Å². The van der Waals surface area contributed by atoms with Crippen molar-refractivity contribution in [3.05, 3.63) is 81.6 Å². The molecule has 1 aliphatic rings. The molecule has 0 aliphatic heterocycles. The fourth-order valence-corrected chi connectivity index (χ4v) is 5.42. The van der Waals surface area contributed by atoms with Crippen molar-refractivity contribution in [1.29, 1.82) is 0 Å². The predicted molar refractivity (Wildman–Crippen MR) is 147 cm³/mol. The summed E-state index contributed by atoms with van der Waals surface area (Å²) in [6, 6.07) is 11.1. The molecule has 0 atom stereocenters. The molecule has 8 nitrogen and oxygen atoms in total. The average molecular weight is 609 g/mol. The lowest BCUT2D eigenvalue weighted by molar-refractivity contribution is -0.115. The summed E-state index contributed by atoms with van der Waals surface area (Å²) in [6.07, 6.45) is -2.32. The molecule has 5 rings (SSSR count). The van der Waals surface area contributed by atoms with Crippen LogP contribution in [0.2, 0.25) is 5.02 Å². The summed E-state index contributed by atoms with van der Waals surface area (Å²) in [5, 5.41) is 5.11. The lowest BCUT2D eigenvalue weighted by Crippen LogP contribution is -2.39. The molecule has 3 aromatic heterocycles. The molecule has 42 heavy (non-hydrogen) atoms. The predicted octanol–water partition coefficient (Wildman–Crippen LogP) is 6.14. The molecule has 3 heterocycles. The Labute approximate surface area is 241 Å². The van der Waals surface area contributed by atoms with Crippen LogP contribution in [-0.2, 0) is 6.54 Å². The first-order valence-electron chi connectivity index (χ1n) is 13.2. The van der Waals surface area contributed by atoms with Gasteiger partial charge in [-0.2, -0.15) is 13.2 Å². The monoisotopic (exact) mass is 608 g/mol. The average Bonchev–Trinajstić information content (AvgIpc) is 3.23. The van der Waals surface area contributed by atoms with E-state index in [4.69, 9.17) is 11.6 Å². The smallest absolute Gasteiger partial charge is 0.361 e. The van der Waals surface area contributed by atoms with Crippen molar-refractivity contribution in [2.24, 2.45) is 5.92 Å². The van der Waals surface area contributed by atoms with Crippen LogP contribution < -0.4 is 16.3 Å². The second kappa shape index (κ2) is 12.1. The van der Waals surface area contributed by atoms with Crippen molar-refractivity contribution in [3.63, 3.8) is 0 Å². The van der Waals surface area contributed by atoms with Gasteiger partial charge in [0.25, 0.3) is 12.3 Å². The SMILES string of the molecule is O=C(NC1CCC(Cn2c(=O)n(-c3ccc(NCC(F)(F)F)nc3)c3ccccc32)CC1)c1cc(Cl)cnc1C(F)F. The van der Waals surface area contributed by atoms with Gasteiger partial charge in [-0.1, -0.05) is 23.7 Å². The van der Waals surface area contributed by atoms with Gasteiger partial charge in [-0.15, -0.1) is 0 Å². The quantitative estimate of drug-likeness (QED) is 0.235. The third-order valence-corrected chi connectivity index (χ3v) is 7.48. The van der Waals surface area contributed by atoms with Crippen molar-refractivity contribution >= 4 is 34.4 Å². The number of imidazole rings is 1. The lowest BCUT2D eigenvalue weighted by Gasteiger charge is -2.29. The van der Waals surface area contributed by atoms with E-state index in [1.807, 2.05) is 12.1 Å². The van der Waals surface area contributed by atoms with Gasteiger partial charge in [0.15, 0.2) is 0 Å². The number of nitrogens with zero attached hydrogens (tertiary/aromatic N) is 4. The number of hydrogen-bond acceptors (Lipinski definition) is 5. The molecule has 0 unspecified atom stereocenters. The molecule has 0 bridgehead atoms. The van der Waals surface area contributed by atoms with E-state index in [1.165, 1.54) is 29.0 Å². The number of alkyl halides is 5. The van der Waals surface area contributed by atoms with Crippen LogP contribution in [0.5, 0.6) is 0 Å². The standard InChI is InChI=1S/C28H26ClF5N6O2/c29-17-11-20(24(25(30)31)36-12-17)26(41)38-18-7-5-16(6-8-18)14-39-21-3-1-2-4-22(21)40(27(39)42)19-9-10-23(35-13-19)37-15-28(32,33)34/h1-4,9-13,16,18,25H,5-8,14-15H2,(H,35,37)(H,38,41). The maximum Gasteiger partial charge on any atom is 0.405 e. The maximum absolute atomic E-state index is 13.6. The summed E-state index contributed by atoms with van der Waals surface area (Å²) >= 11 is 5.87. The fourth-order valence-electron chi connectivity index (χ4n) is 5.26. The Morgan fingerprint density at radius 1 is 1.02 bits per heavy atom. The topological polar surface area (TPSA) is 93.8 Å². The highest BCUT2D eigenvalue weighted by atomic mass is 35.5. The summed E-state index contributed by atoms with van der Waals surface area (Å²) in [6.45, 7) is -0.807. The first-order valence-corrected chi connectivity index (χ1v) is 13.6. The molecule has 1 saturated carbocycles. The molecule has 14 heteroatoms. The molecular formula is C28H26ClF5N6O2. The zero-order valence-electron chi connectivity index (χ0n) is 22.0. The summed E-state index contributed by atoms with van der Waals surface area (Å²) < 4.78 is 67.4. The summed E-state index contributed by atoms with van der Waals surface area (Å²) in [5.41, 5.74) is 0.563. The highest BCUT2D eigenvalue weighted by Crippen LogP contribution is 2.29. The number of benzene rings is 1. The molecule has 222 valence electrons. The number of para-hydroxylation sites is 2. The number of fused-ring (bicyclic) bond motifs is 1. The second-order valence-electron chi connectivity index (χ2n) is 10.2. The van der Waals surface area contributed by atoms with Gasteiger partial charge in [0.1, 0.15) is 18.1 Å². The number of nitrogens with one attached hydrogen (secondary N) is 2. The number of amides is 1. The Kier molecular flexibility index (Phi) is 8.48. The number of aromatic nitrogens is 4. The van der Waals surface area contributed by atoms with Gasteiger partial charge in [0.05, 0.1) is 33.5 Å². The fraction of sp³-hybridized carbons (Fsp3) is 0.357. The van der Waals surface area contributed by atoms with Crippen LogP contribution in [0, 0.1) is 5.92 Å². The first kappa shape index (κ1) is 29.5. The van der Waals surface area contributed by atoms with E-state index in [-0.39, 0.29) is 34.1 Å². The Bertz CT molecular complexity index is 1630. The van der Waals surface area contributed by atoms with Gasteiger partial charge < -0.3 is 10.6 Å². The molecule has 4 aromatic rings. The van der Waals surface area contributed by atoms with Gasteiger partial charge in [-0.05, 0) is 61.9 Å². The van der Waals surface area contributed by atoms with Gasteiger partial charge in [-0.3, -0.25) is 18.9 Å². The molecule has 1 amide bonds. The summed E-state index contributed by atoms with van der Waals surface area (Å²) in [7, 11) is 0. The third kappa shape index (κ3) is 6.56. The van der Waals surface area contributed by atoms with Crippen molar-refractivity contribution in [3.8, 4) is 5.69 Å². The maximum atomic E-state index is 13.6. The summed E-state index contributed by atoms with van der Waals surface area (Å²) in [4.78, 5) is 34.0. The highest BCUT2D eigenvalue weighted by Gasteiger charge is 2.28. The molecule has 0 spiro atoms. The van der Waals surface area contributed by atoms with Crippen LogP contribution in [0.3, 0.4) is 0 Å². The van der Waals surface area contributed by atoms with E-state index in [2.05, 4.69) is 20.6 Å². The molecule has 0 saturated heterocycles. The van der Waals surface area contributed by atoms with Crippen LogP contribution >= 0.6 is 11.6 Å². The molecular weight excluding hydrogens is 583 g/mol. The second-order valence-corrected chi connectivity index (χ2v) is 10.6. The van der Waals surface area contributed by atoms with E-state index in [0.29, 0.717) is 48.9 Å². The number of anilines is 1. The Morgan fingerprint density at radius 3 is 2.38 bits per heavy atom. The van der Waals surface area contributed by atoms with E-state index < -0.39 is 30.7 Å². The molecule has 0 radical (unpaired) electrons. The minimum Gasteiger partial charge on any atom is -0.361 e. The Balaban J connectivity index is 1.28. The number of carbonyl (C=O) groups excluding carboxylic acids is 1. The van der Waals surface area contributed by atoms with Crippen LogP contribution in [-0.4, -0.2) is 43.8 Å². The van der Waals surface area contributed by atoms with Gasteiger partial charge in [-0.25, -0.2) is 18.6 Å². The van der Waals surface area contributed by atoms with Crippen molar-refractivity contribution in [2.45, 2.75) is 50.9 Å². The molecule has 1 aromatic carbocycles. The van der Waals surface area contributed by atoms with Crippen LogP contribution in [0.25, 0.3) is 16.7 Å². The van der Waals surface area contributed by atoms with Crippen LogP contribution in [0.4, 0.5) is 27.8 Å². The molecule has 2 N–H and O–H groups in total. The van der Waals surface area contributed by atoms with E-state index in [9.17, 15) is 31.5 Å². The zero-order valence-corrected chi connectivity index (χ0v) is 22.8. The number of hydrogen-bond donors (Lipinski definition) is 2. The normalized spacial score (nSPS) is 17.5. The van der Waals surface area contributed by atoms with Gasteiger partial charge in [0, 0.05) is 18.8 Å². The Hall–Kier alpha value is -4.00. The van der Waals surface area contributed by atoms with Crippen LogP contribution in [0.1, 0.15) is 48.2 Å². The van der Waals surface area contributed by atoms with Crippen molar-refractivity contribution in [1.82, 2.24) is 24.4 Å². The first-order chi connectivity index (χ1) is 20.0. The van der Waals surface area contributed by atoms with Crippen molar-refractivity contribution in [2.75, 3.05) is 11.9 Å². The lowest BCUT2D eigenvalue weighted by atomic mass is 9.85. The van der Waals surface area contributed by atoms with Crippen LogP contribution in [0.15, 0.2) is 59.7 Å². The van der Waals surface area contributed by atoms with Crippen molar-refractivity contribution < 1.29 is 26.7 Å². The zero-order chi connectivity index (χ0) is 30.0. The highest BCUT2D eigenvalue weighted by molar-refractivity contribution is 6.30. The number of rotatable bonds is 8.